The number of nitrogens with one attached hydrogen (secondary N) is 1. The van der Waals surface area contributed by atoms with E-state index >= 15 is 0 Å². The van der Waals surface area contributed by atoms with Crippen molar-refractivity contribution in [2.45, 2.75) is 38.5 Å². The fourth-order valence-corrected chi connectivity index (χ4v) is 4.24. The van der Waals surface area contributed by atoms with Crippen LogP contribution in [0.4, 0.5) is 11.4 Å². The molecular formula is C23H26N2O3. The predicted octanol–water partition coefficient (Wildman–Crippen LogP) is 3.96. The fraction of sp³-hybridized carbons (Fsp3) is 0.391. The van der Waals surface area contributed by atoms with E-state index in [2.05, 4.69) is 5.32 Å². The molecular weight excluding hydrogens is 352 g/mol. The largest absolute Gasteiger partial charge is 0.497 e. The van der Waals surface area contributed by atoms with Crippen LogP contribution in [0.2, 0.25) is 0 Å². The lowest BCUT2D eigenvalue weighted by Crippen LogP contribution is -2.33. The average Bonchev–Trinajstić information content (AvgIpc) is 3.38. The molecule has 2 amide bonds. The second-order valence-electron chi connectivity index (χ2n) is 7.64. The van der Waals surface area contributed by atoms with Crippen molar-refractivity contribution in [2.24, 2.45) is 5.92 Å². The van der Waals surface area contributed by atoms with Gasteiger partial charge in [0.15, 0.2) is 0 Å². The zero-order valence-electron chi connectivity index (χ0n) is 16.2. The van der Waals surface area contributed by atoms with Gasteiger partial charge >= 0.3 is 0 Å². The normalized spacial score (nSPS) is 16.1. The second kappa shape index (κ2) is 8.05. The van der Waals surface area contributed by atoms with Crippen LogP contribution in [0.15, 0.2) is 42.5 Å². The molecule has 2 aromatic rings. The summed E-state index contributed by atoms with van der Waals surface area (Å²) in [5.41, 5.74) is 3.86. The Morgan fingerprint density at radius 3 is 2.57 bits per heavy atom. The van der Waals surface area contributed by atoms with Crippen molar-refractivity contribution in [1.29, 1.82) is 0 Å². The van der Waals surface area contributed by atoms with Crippen molar-refractivity contribution in [3.05, 3.63) is 53.6 Å². The summed E-state index contributed by atoms with van der Waals surface area (Å²) in [7, 11) is 1.62. The number of nitrogens with zero attached hydrogens (tertiary/aromatic N) is 1. The highest BCUT2D eigenvalue weighted by Gasteiger charge is 2.31. The van der Waals surface area contributed by atoms with Crippen molar-refractivity contribution in [3.63, 3.8) is 0 Å². The van der Waals surface area contributed by atoms with E-state index < -0.39 is 0 Å². The van der Waals surface area contributed by atoms with Gasteiger partial charge in [-0.2, -0.15) is 0 Å². The van der Waals surface area contributed by atoms with Gasteiger partial charge in [0, 0.05) is 23.8 Å². The fourth-order valence-electron chi connectivity index (χ4n) is 4.24. The maximum atomic E-state index is 12.8. The van der Waals surface area contributed by atoms with E-state index in [0.29, 0.717) is 6.42 Å². The molecule has 1 saturated carbocycles. The van der Waals surface area contributed by atoms with E-state index in [9.17, 15) is 9.59 Å². The molecule has 1 aliphatic carbocycles. The summed E-state index contributed by atoms with van der Waals surface area (Å²) in [4.78, 5) is 27.1. The molecule has 2 aliphatic rings. The first kappa shape index (κ1) is 18.5. The third kappa shape index (κ3) is 3.88. The molecule has 0 aromatic heterocycles. The molecule has 5 nitrogen and oxygen atoms in total. The second-order valence-corrected chi connectivity index (χ2v) is 7.64. The van der Waals surface area contributed by atoms with Gasteiger partial charge in [-0.3, -0.25) is 9.59 Å². The van der Waals surface area contributed by atoms with Gasteiger partial charge in [-0.15, -0.1) is 0 Å². The maximum Gasteiger partial charge on any atom is 0.230 e. The number of anilines is 2. The summed E-state index contributed by atoms with van der Waals surface area (Å²) in [5, 5.41) is 2.97. The van der Waals surface area contributed by atoms with Crippen molar-refractivity contribution in [1.82, 2.24) is 0 Å². The molecule has 28 heavy (non-hydrogen) atoms. The Balaban J connectivity index is 1.40. The third-order valence-corrected chi connectivity index (χ3v) is 5.75. The summed E-state index contributed by atoms with van der Waals surface area (Å²) in [6.45, 7) is 0.744. The molecule has 0 radical (unpaired) electrons. The van der Waals surface area contributed by atoms with Crippen molar-refractivity contribution in [2.75, 3.05) is 23.9 Å². The number of ether oxygens (including phenoxy) is 1. The summed E-state index contributed by atoms with van der Waals surface area (Å²) in [6.07, 6.45) is 5.52. The highest BCUT2D eigenvalue weighted by atomic mass is 16.5. The molecule has 0 unspecified atom stereocenters. The highest BCUT2D eigenvalue weighted by molar-refractivity contribution is 5.98. The first-order valence-electron chi connectivity index (χ1n) is 10.0. The van der Waals surface area contributed by atoms with Crippen LogP contribution in [0, 0.1) is 5.92 Å². The Bertz CT molecular complexity index is 870. The molecule has 4 rings (SSSR count). The number of hydrogen-bond donors (Lipinski definition) is 1. The topological polar surface area (TPSA) is 58.6 Å². The van der Waals surface area contributed by atoms with Crippen LogP contribution in [0.3, 0.4) is 0 Å². The smallest absolute Gasteiger partial charge is 0.230 e. The van der Waals surface area contributed by atoms with Gasteiger partial charge in [-0.05, 0) is 60.7 Å². The molecule has 0 saturated heterocycles. The van der Waals surface area contributed by atoms with E-state index in [1.807, 2.05) is 47.4 Å². The number of fused-ring (bicyclic) bond motifs is 1. The summed E-state index contributed by atoms with van der Waals surface area (Å²) in [5.74, 6) is 1.18. The highest BCUT2D eigenvalue weighted by Crippen LogP contribution is 2.34. The van der Waals surface area contributed by atoms with Crippen LogP contribution in [0.1, 0.15) is 36.8 Å². The Morgan fingerprint density at radius 1 is 1.11 bits per heavy atom. The van der Waals surface area contributed by atoms with Gasteiger partial charge in [0.25, 0.3) is 0 Å². The van der Waals surface area contributed by atoms with Crippen LogP contribution >= 0.6 is 0 Å². The SMILES string of the molecule is COc1ccc(CC(=O)Nc2ccc3c(c2)CCN3C(=O)C2CCCC2)cc1. The summed E-state index contributed by atoms with van der Waals surface area (Å²) >= 11 is 0. The molecule has 1 N–H and O–H groups in total. The summed E-state index contributed by atoms with van der Waals surface area (Å²) in [6, 6.07) is 13.4. The van der Waals surface area contributed by atoms with Gasteiger partial charge in [-0.1, -0.05) is 25.0 Å². The molecule has 0 bridgehead atoms. The van der Waals surface area contributed by atoms with Crippen molar-refractivity contribution in [3.8, 4) is 5.75 Å². The molecule has 0 atom stereocenters. The van der Waals surface area contributed by atoms with E-state index in [4.69, 9.17) is 4.74 Å². The van der Waals surface area contributed by atoms with Gasteiger partial charge in [0.2, 0.25) is 11.8 Å². The number of rotatable bonds is 5. The third-order valence-electron chi connectivity index (χ3n) is 5.75. The molecule has 2 aromatic carbocycles. The van der Waals surface area contributed by atoms with E-state index in [1.54, 1.807) is 7.11 Å². The van der Waals surface area contributed by atoms with Crippen LogP contribution in [0.5, 0.6) is 5.75 Å². The Morgan fingerprint density at radius 2 is 1.86 bits per heavy atom. The Hall–Kier alpha value is -2.82. The molecule has 0 spiro atoms. The van der Waals surface area contributed by atoms with Crippen LogP contribution in [0.25, 0.3) is 0 Å². The van der Waals surface area contributed by atoms with Gasteiger partial charge < -0.3 is 15.0 Å². The van der Waals surface area contributed by atoms with Crippen molar-refractivity contribution >= 4 is 23.2 Å². The van der Waals surface area contributed by atoms with Gasteiger partial charge in [0.1, 0.15) is 5.75 Å². The number of methoxy groups -OCH3 is 1. The van der Waals surface area contributed by atoms with E-state index in [0.717, 1.165) is 66.9 Å². The zero-order chi connectivity index (χ0) is 19.5. The van der Waals surface area contributed by atoms with Crippen molar-refractivity contribution < 1.29 is 14.3 Å². The Kier molecular flexibility index (Phi) is 5.33. The quantitative estimate of drug-likeness (QED) is 0.857. The number of carbonyl (C=O) groups excluding carboxylic acids is 2. The minimum atomic E-state index is -0.0537. The molecule has 5 heteroatoms. The first-order valence-corrected chi connectivity index (χ1v) is 10.0. The molecule has 1 heterocycles. The lowest BCUT2D eigenvalue weighted by atomic mass is 10.1. The van der Waals surface area contributed by atoms with E-state index in [-0.39, 0.29) is 17.7 Å². The average molecular weight is 378 g/mol. The molecule has 1 fully saturated rings. The maximum absolute atomic E-state index is 12.8. The number of carbonyl (C=O) groups is 2. The molecule has 1 aliphatic heterocycles. The standard InChI is InChI=1S/C23H26N2O3/c1-28-20-9-6-16(7-10-20)14-22(26)24-19-8-11-21-18(15-19)12-13-25(21)23(27)17-4-2-3-5-17/h6-11,15,17H,2-5,12-14H2,1H3,(H,24,26). The van der Waals surface area contributed by atoms with E-state index in [1.165, 1.54) is 0 Å². The zero-order valence-corrected chi connectivity index (χ0v) is 16.2. The summed E-state index contributed by atoms with van der Waals surface area (Å²) < 4.78 is 5.14. The number of benzene rings is 2. The minimum absolute atomic E-state index is 0.0537. The predicted molar refractivity (Wildman–Crippen MR) is 110 cm³/mol. The Labute approximate surface area is 165 Å². The lowest BCUT2D eigenvalue weighted by molar-refractivity contribution is -0.122. The van der Waals surface area contributed by atoms with Crippen LogP contribution in [-0.2, 0) is 22.4 Å². The first-order chi connectivity index (χ1) is 13.6. The van der Waals surface area contributed by atoms with Gasteiger partial charge in [-0.25, -0.2) is 0 Å². The number of hydrogen-bond acceptors (Lipinski definition) is 3. The number of amides is 2. The van der Waals surface area contributed by atoms with Crippen LogP contribution in [-0.4, -0.2) is 25.5 Å². The minimum Gasteiger partial charge on any atom is -0.497 e. The lowest BCUT2D eigenvalue weighted by Gasteiger charge is -2.21. The monoisotopic (exact) mass is 378 g/mol. The van der Waals surface area contributed by atoms with Crippen LogP contribution < -0.4 is 15.0 Å². The molecule has 146 valence electrons. The van der Waals surface area contributed by atoms with Gasteiger partial charge in [0.05, 0.1) is 13.5 Å².